The minimum absolute atomic E-state index is 0.00991. The Morgan fingerprint density at radius 1 is 0.970 bits per heavy atom. The van der Waals surface area contributed by atoms with E-state index < -0.39 is 15.9 Å². The van der Waals surface area contributed by atoms with Gasteiger partial charge >= 0.3 is 6.01 Å². The van der Waals surface area contributed by atoms with E-state index in [-0.39, 0.29) is 10.9 Å². The van der Waals surface area contributed by atoms with Crippen LogP contribution in [0.5, 0.6) is 0 Å². The summed E-state index contributed by atoms with van der Waals surface area (Å²) in [7, 11) is -2.26. The summed E-state index contributed by atoms with van der Waals surface area (Å²) < 4.78 is 31.9. The molecule has 0 atom stereocenters. The zero-order valence-electron chi connectivity index (χ0n) is 17.8. The number of carbonyl (C=O) groups excluding carboxylic acids is 1. The average molecular weight is 465 g/mol. The number of nitrogens with one attached hydrogen (secondary N) is 2. The highest BCUT2D eigenvalue weighted by molar-refractivity contribution is 7.92. The van der Waals surface area contributed by atoms with Gasteiger partial charge in [-0.2, -0.15) is 4.98 Å². The molecule has 4 aromatic rings. The van der Waals surface area contributed by atoms with Crippen LogP contribution >= 0.6 is 0 Å². The molecule has 0 aliphatic heterocycles. The fourth-order valence-electron chi connectivity index (χ4n) is 2.90. The van der Waals surface area contributed by atoms with Crippen molar-refractivity contribution in [3.63, 3.8) is 0 Å². The van der Waals surface area contributed by atoms with Crippen molar-refractivity contribution >= 4 is 27.6 Å². The third kappa shape index (κ3) is 4.83. The lowest BCUT2D eigenvalue weighted by Gasteiger charge is -2.20. The molecule has 0 spiro atoms. The number of pyridine rings is 1. The number of amides is 1. The van der Waals surface area contributed by atoms with Crippen molar-refractivity contribution in [3.8, 4) is 11.4 Å². The number of benzene rings is 2. The van der Waals surface area contributed by atoms with Crippen LogP contribution in [0.3, 0.4) is 0 Å². The summed E-state index contributed by atoms with van der Waals surface area (Å²) in [6, 6.07) is 16.2. The molecule has 0 unspecified atom stereocenters. The third-order valence-electron chi connectivity index (χ3n) is 4.82. The first-order valence-corrected chi connectivity index (χ1v) is 11.2. The molecule has 0 radical (unpaired) electrons. The Labute approximate surface area is 190 Å². The van der Waals surface area contributed by atoms with E-state index in [0.717, 1.165) is 9.87 Å². The molecule has 2 heterocycles. The molecule has 0 saturated carbocycles. The smallest absolute Gasteiger partial charge is 0.313 e. The van der Waals surface area contributed by atoms with E-state index in [4.69, 9.17) is 4.52 Å². The molecule has 2 aromatic heterocycles. The first-order chi connectivity index (χ1) is 15.8. The second kappa shape index (κ2) is 9.09. The summed E-state index contributed by atoms with van der Waals surface area (Å²) in [5.41, 5.74) is 7.43. The highest BCUT2D eigenvalue weighted by Gasteiger charge is 2.21. The summed E-state index contributed by atoms with van der Waals surface area (Å²) in [6.07, 6.45) is 3.21. The Morgan fingerprint density at radius 2 is 1.64 bits per heavy atom. The second-order valence-electron chi connectivity index (χ2n) is 7.07. The number of hydrogen-bond acceptors (Lipinski definition) is 8. The average Bonchev–Trinajstić information content (AvgIpc) is 3.32. The molecule has 1 amide bonds. The first kappa shape index (κ1) is 22.0. The molecule has 11 heteroatoms. The van der Waals surface area contributed by atoms with Gasteiger partial charge in [-0.1, -0.05) is 22.9 Å². The van der Waals surface area contributed by atoms with Gasteiger partial charge in [0.1, 0.15) is 0 Å². The van der Waals surface area contributed by atoms with Crippen molar-refractivity contribution < 1.29 is 17.7 Å². The molecule has 2 aromatic carbocycles. The van der Waals surface area contributed by atoms with Crippen LogP contribution in [0.15, 0.2) is 82.5 Å². The fourth-order valence-corrected chi connectivity index (χ4v) is 4.10. The van der Waals surface area contributed by atoms with Gasteiger partial charge in [0.05, 0.1) is 10.6 Å². The predicted molar refractivity (Wildman–Crippen MR) is 122 cm³/mol. The lowest BCUT2D eigenvalue weighted by molar-refractivity contribution is 0.0961. The van der Waals surface area contributed by atoms with Gasteiger partial charge < -0.3 is 4.52 Å². The monoisotopic (exact) mass is 464 g/mol. The van der Waals surface area contributed by atoms with Crippen LogP contribution in [0, 0.1) is 6.92 Å². The zero-order chi connectivity index (χ0) is 23.4. The molecule has 0 aliphatic rings. The highest BCUT2D eigenvalue weighted by Crippen LogP contribution is 2.23. The number of aryl methyl sites for hydroxylation is 1. The molecular formula is C22H20N6O4S. The van der Waals surface area contributed by atoms with Crippen molar-refractivity contribution in [2.45, 2.75) is 11.8 Å². The largest absolute Gasteiger partial charge is 0.340 e. The van der Waals surface area contributed by atoms with Crippen LogP contribution in [0.4, 0.5) is 11.7 Å². The third-order valence-corrected chi connectivity index (χ3v) is 6.62. The molecular weight excluding hydrogens is 444 g/mol. The molecule has 4 rings (SSSR count). The molecule has 0 bridgehead atoms. The van der Waals surface area contributed by atoms with E-state index >= 15 is 0 Å². The predicted octanol–water partition coefficient (Wildman–Crippen LogP) is 3.02. The number of carbonyl (C=O) groups is 1. The van der Waals surface area contributed by atoms with Gasteiger partial charge in [-0.15, -0.1) is 0 Å². The zero-order valence-corrected chi connectivity index (χ0v) is 18.6. The number of sulfonamides is 1. The van der Waals surface area contributed by atoms with Gasteiger partial charge in [0.25, 0.3) is 15.9 Å². The van der Waals surface area contributed by atoms with E-state index in [1.807, 2.05) is 6.92 Å². The lowest BCUT2D eigenvalue weighted by Crippen LogP contribution is -2.30. The normalized spacial score (nSPS) is 11.1. The Bertz CT molecular complexity index is 1350. The Balaban J connectivity index is 1.40. The van der Waals surface area contributed by atoms with Gasteiger partial charge in [0, 0.05) is 30.6 Å². The van der Waals surface area contributed by atoms with Gasteiger partial charge in [0.15, 0.2) is 0 Å². The number of nitrogens with zero attached hydrogens (tertiary/aromatic N) is 4. The summed E-state index contributed by atoms with van der Waals surface area (Å²) in [6.45, 7) is 1.89. The van der Waals surface area contributed by atoms with Gasteiger partial charge in [0.2, 0.25) is 5.82 Å². The summed E-state index contributed by atoms with van der Waals surface area (Å²) in [4.78, 5) is 20.7. The van der Waals surface area contributed by atoms with E-state index in [1.165, 1.54) is 19.2 Å². The van der Waals surface area contributed by atoms with Crippen LogP contribution in [0.25, 0.3) is 11.4 Å². The molecule has 33 heavy (non-hydrogen) atoms. The van der Waals surface area contributed by atoms with Crippen molar-refractivity contribution in [1.29, 1.82) is 0 Å². The Morgan fingerprint density at radius 3 is 2.30 bits per heavy atom. The fraction of sp³-hybridized carbons (Fsp3) is 0.0909. The number of hydrazine groups is 1. The Hall–Kier alpha value is -4.25. The van der Waals surface area contributed by atoms with E-state index in [1.54, 1.807) is 60.9 Å². The van der Waals surface area contributed by atoms with Gasteiger partial charge in [-0.05, 0) is 55.5 Å². The van der Waals surface area contributed by atoms with E-state index in [0.29, 0.717) is 22.6 Å². The highest BCUT2D eigenvalue weighted by atomic mass is 32.2. The SMILES string of the molecule is Cc1ccc(S(=O)(=O)N(C)c2ccc(C(=O)NNc3nc(-c4ccncc4)no3)cc2)cc1. The standard InChI is InChI=1S/C22H20N6O4S/c1-15-3-9-19(10-4-15)33(30,31)28(2)18-7-5-17(6-8-18)21(29)25-26-22-24-20(27-32-22)16-11-13-23-14-12-16/h3-14H,1-2H3,(H,25,29)(H,24,26,27). The quantitative estimate of drug-likeness (QED) is 0.399. The molecule has 168 valence electrons. The van der Waals surface area contributed by atoms with E-state index in [2.05, 4.69) is 26.0 Å². The summed E-state index contributed by atoms with van der Waals surface area (Å²) in [5, 5.41) is 3.83. The second-order valence-corrected chi connectivity index (χ2v) is 9.04. The number of aromatic nitrogens is 3. The molecule has 2 N–H and O–H groups in total. The number of anilines is 2. The molecule has 0 aliphatic carbocycles. The van der Waals surface area contributed by atoms with Crippen LogP contribution in [0.2, 0.25) is 0 Å². The van der Waals surface area contributed by atoms with Crippen LogP contribution in [-0.2, 0) is 10.0 Å². The van der Waals surface area contributed by atoms with Gasteiger partial charge in [-0.3, -0.25) is 19.5 Å². The van der Waals surface area contributed by atoms with Crippen LogP contribution < -0.4 is 15.2 Å². The lowest BCUT2D eigenvalue weighted by atomic mass is 10.2. The van der Waals surface area contributed by atoms with Gasteiger partial charge in [-0.25, -0.2) is 13.8 Å². The van der Waals surface area contributed by atoms with Crippen molar-refractivity contribution in [3.05, 3.63) is 84.2 Å². The number of rotatable bonds is 7. The van der Waals surface area contributed by atoms with Crippen LogP contribution in [-0.4, -0.2) is 36.5 Å². The maximum atomic E-state index is 12.8. The van der Waals surface area contributed by atoms with Crippen molar-refractivity contribution in [2.24, 2.45) is 0 Å². The minimum Gasteiger partial charge on any atom is -0.313 e. The maximum absolute atomic E-state index is 12.8. The van der Waals surface area contributed by atoms with Crippen molar-refractivity contribution in [1.82, 2.24) is 20.6 Å². The topological polar surface area (TPSA) is 130 Å². The number of hydrogen-bond donors (Lipinski definition) is 2. The van der Waals surface area contributed by atoms with Crippen molar-refractivity contribution in [2.75, 3.05) is 16.8 Å². The molecule has 0 fully saturated rings. The van der Waals surface area contributed by atoms with Crippen LogP contribution in [0.1, 0.15) is 15.9 Å². The summed E-state index contributed by atoms with van der Waals surface area (Å²) in [5.74, 6) is -0.120. The molecule has 0 saturated heterocycles. The Kier molecular flexibility index (Phi) is 6.05. The minimum atomic E-state index is -3.72. The first-order valence-electron chi connectivity index (χ1n) is 9.81. The summed E-state index contributed by atoms with van der Waals surface area (Å²) >= 11 is 0. The maximum Gasteiger partial charge on any atom is 0.340 e. The molecule has 10 nitrogen and oxygen atoms in total. The van der Waals surface area contributed by atoms with E-state index in [9.17, 15) is 13.2 Å².